The highest BCUT2D eigenvalue weighted by atomic mass is 16.6. The molecule has 0 unspecified atom stereocenters. The molecule has 1 aliphatic carbocycles. The summed E-state index contributed by atoms with van der Waals surface area (Å²) >= 11 is 0. The van der Waals surface area contributed by atoms with Crippen molar-refractivity contribution in [3.05, 3.63) is 40.2 Å². The second-order valence-corrected chi connectivity index (χ2v) is 9.47. The Balaban J connectivity index is 1.53. The third-order valence-electron chi connectivity index (χ3n) is 7.77. The lowest BCUT2D eigenvalue weighted by Gasteiger charge is -2.65. The molecule has 1 saturated carbocycles. The van der Waals surface area contributed by atoms with Crippen LogP contribution >= 0.6 is 0 Å². The Morgan fingerprint density at radius 2 is 2.06 bits per heavy atom. The Hall–Kier alpha value is -3.48. The maximum absolute atomic E-state index is 13.3. The van der Waals surface area contributed by atoms with Gasteiger partial charge in [-0.3, -0.25) is 15.0 Å². The van der Waals surface area contributed by atoms with Gasteiger partial charge in [0.2, 0.25) is 11.5 Å². The largest absolute Gasteiger partial charge is 0.472 e. The molecule has 184 valence electrons. The van der Waals surface area contributed by atoms with Crippen molar-refractivity contribution in [2.24, 2.45) is 5.41 Å². The molecule has 3 aliphatic heterocycles. The predicted octanol–water partition coefficient (Wildman–Crippen LogP) is -0.411. The highest BCUT2D eigenvalue weighted by molar-refractivity contribution is 6.07. The molecule has 1 aromatic heterocycles. The van der Waals surface area contributed by atoms with Gasteiger partial charge in [0.25, 0.3) is 0 Å². The molecule has 0 spiro atoms. The number of benzene rings is 1. The topological polar surface area (TPSA) is 165 Å². The lowest BCUT2D eigenvalue weighted by Crippen LogP contribution is -2.87. The fourth-order valence-electron chi connectivity index (χ4n) is 6.33. The quantitative estimate of drug-likeness (QED) is 0.384. The van der Waals surface area contributed by atoms with Crippen LogP contribution in [0.5, 0.6) is 5.75 Å². The molecule has 2 aromatic rings. The number of amides is 3. The molecule has 3 amide bonds. The standard InChI is InChI=1S/C23H22N2O10/c1-22-17-10-5-9-3-4-16(28)34-12(9)7-13(10)35-23(17,20(30)32-2)18(22)25(21(31)24-19(22)29)15-6-11(27)14(8-26)33-15/h3-5,7,11,14-15,17-18,26-27H,6,8H2,1-2H3,(H,24,29,31)/t11-,14+,15+,17-,18+,22+,23-/m0/s1. The zero-order valence-corrected chi connectivity index (χ0v) is 18.7. The van der Waals surface area contributed by atoms with E-state index < -0.39 is 71.6 Å². The summed E-state index contributed by atoms with van der Waals surface area (Å²) in [5.41, 5.74) is -2.92. The number of urea groups is 1. The number of aliphatic hydroxyl groups is 2. The zero-order chi connectivity index (χ0) is 24.9. The van der Waals surface area contributed by atoms with Gasteiger partial charge in [0.05, 0.1) is 31.2 Å². The number of aliphatic hydroxyl groups excluding tert-OH is 2. The van der Waals surface area contributed by atoms with Crippen LogP contribution in [0.1, 0.15) is 24.8 Å². The number of carbonyl (C=O) groups excluding carboxylic acids is 3. The summed E-state index contributed by atoms with van der Waals surface area (Å²) in [6.07, 6.45) is -3.06. The van der Waals surface area contributed by atoms with Crippen LogP contribution in [0.3, 0.4) is 0 Å². The van der Waals surface area contributed by atoms with E-state index in [0.29, 0.717) is 10.9 Å². The maximum atomic E-state index is 13.3. The van der Waals surface area contributed by atoms with Gasteiger partial charge in [0.15, 0.2) is 0 Å². The fourth-order valence-corrected chi connectivity index (χ4v) is 6.33. The highest BCUT2D eigenvalue weighted by Gasteiger charge is 2.85. The molecule has 12 heteroatoms. The van der Waals surface area contributed by atoms with Crippen LogP contribution < -0.4 is 15.7 Å². The van der Waals surface area contributed by atoms with Crippen LogP contribution in [-0.2, 0) is 19.1 Å². The van der Waals surface area contributed by atoms with Crippen LogP contribution in [0, 0.1) is 5.41 Å². The second-order valence-electron chi connectivity index (χ2n) is 9.47. The number of hydrogen-bond acceptors (Lipinski definition) is 10. The summed E-state index contributed by atoms with van der Waals surface area (Å²) in [5.74, 6) is -2.01. The van der Waals surface area contributed by atoms with Gasteiger partial charge in [-0.2, -0.15) is 0 Å². The summed E-state index contributed by atoms with van der Waals surface area (Å²) in [7, 11) is 1.18. The van der Waals surface area contributed by atoms with Crippen molar-refractivity contribution in [1.29, 1.82) is 0 Å². The lowest BCUT2D eigenvalue weighted by atomic mass is 9.45. The number of ether oxygens (including phenoxy) is 3. The Morgan fingerprint density at radius 1 is 1.29 bits per heavy atom. The zero-order valence-electron chi connectivity index (χ0n) is 18.7. The summed E-state index contributed by atoms with van der Waals surface area (Å²) in [6.45, 7) is 1.15. The van der Waals surface area contributed by atoms with E-state index in [9.17, 15) is 29.4 Å². The molecular weight excluding hydrogens is 464 g/mol. The summed E-state index contributed by atoms with van der Waals surface area (Å²) in [6, 6.07) is 4.04. The van der Waals surface area contributed by atoms with Crippen molar-refractivity contribution in [3.63, 3.8) is 0 Å². The number of nitrogens with zero attached hydrogens (tertiary/aromatic N) is 1. The van der Waals surface area contributed by atoms with E-state index in [0.717, 1.165) is 0 Å². The number of carbonyl (C=O) groups is 3. The van der Waals surface area contributed by atoms with Crippen LogP contribution in [0.15, 0.2) is 33.5 Å². The van der Waals surface area contributed by atoms with E-state index in [1.165, 1.54) is 24.1 Å². The van der Waals surface area contributed by atoms with Gasteiger partial charge in [-0.05, 0) is 19.1 Å². The van der Waals surface area contributed by atoms with Gasteiger partial charge in [-0.15, -0.1) is 0 Å². The molecular formula is C23H22N2O10. The van der Waals surface area contributed by atoms with E-state index in [1.54, 1.807) is 19.1 Å². The fraction of sp³-hybridized carbons (Fsp3) is 0.478. The van der Waals surface area contributed by atoms with Crippen LogP contribution in [-0.4, -0.2) is 76.8 Å². The Kier molecular flexibility index (Phi) is 4.42. The van der Waals surface area contributed by atoms with Crippen molar-refractivity contribution in [1.82, 2.24) is 10.2 Å². The first-order chi connectivity index (χ1) is 16.7. The molecule has 7 atom stereocenters. The number of methoxy groups -OCH3 is 1. The average Bonchev–Trinajstić information content (AvgIpc) is 3.34. The van der Waals surface area contributed by atoms with Gasteiger partial charge < -0.3 is 28.8 Å². The van der Waals surface area contributed by atoms with E-state index in [2.05, 4.69) is 5.32 Å². The van der Waals surface area contributed by atoms with E-state index in [4.69, 9.17) is 18.6 Å². The van der Waals surface area contributed by atoms with Crippen molar-refractivity contribution in [2.45, 2.75) is 49.3 Å². The summed E-state index contributed by atoms with van der Waals surface area (Å²) < 4.78 is 22.3. The molecule has 2 saturated heterocycles. The van der Waals surface area contributed by atoms with Crippen LogP contribution in [0.25, 0.3) is 11.0 Å². The number of fused-ring (bicyclic) bond motifs is 7. The first-order valence-corrected chi connectivity index (χ1v) is 11.1. The van der Waals surface area contributed by atoms with Crippen LogP contribution in [0.4, 0.5) is 4.79 Å². The molecule has 3 fully saturated rings. The van der Waals surface area contributed by atoms with Gasteiger partial charge in [0.1, 0.15) is 29.7 Å². The molecule has 4 heterocycles. The average molecular weight is 486 g/mol. The number of rotatable bonds is 3. The Labute approximate surface area is 197 Å². The minimum absolute atomic E-state index is 0.0384. The predicted molar refractivity (Wildman–Crippen MR) is 114 cm³/mol. The SMILES string of the molecule is COC(=O)[C@]12Oc3cc4oc(=O)ccc4cc3[C@H]1[C@@]1(C)C(=O)NC(=O)N([C@H]3C[C@H](O)[C@@H](CO)O3)[C@H]12. The first kappa shape index (κ1) is 22.0. The molecule has 0 radical (unpaired) electrons. The Morgan fingerprint density at radius 3 is 2.74 bits per heavy atom. The molecule has 0 bridgehead atoms. The van der Waals surface area contributed by atoms with Gasteiger partial charge in [0, 0.05) is 29.5 Å². The molecule has 12 nitrogen and oxygen atoms in total. The molecule has 1 aromatic carbocycles. The van der Waals surface area contributed by atoms with Crippen molar-refractivity contribution >= 4 is 28.9 Å². The maximum Gasteiger partial charge on any atom is 0.353 e. The lowest BCUT2D eigenvalue weighted by molar-refractivity contribution is -0.228. The number of esters is 1. The number of imide groups is 1. The minimum Gasteiger partial charge on any atom is -0.472 e. The third-order valence-corrected chi connectivity index (χ3v) is 7.77. The molecule has 3 N–H and O–H groups in total. The summed E-state index contributed by atoms with van der Waals surface area (Å²) in [5, 5.41) is 22.7. The molecule has 35 heavy (non-hydrogen) atoms. The number of hydrogen-bond donors (Lipinski definition) is 3. The summed E-state index contributed by atoms with van der Waals surface area (Å²) in [4.78, 5) is 52.6. The molecule has 4 aliphatic rings. The first-order valence-electron chi connectivity index (χ1n) is 11.1. The smallest absolute Gasteiger partial charge is 0.353 e. The van der Waals surface area contributed by atoms with Crippen molar-refractivity contribution < 1.29 is 43.2 Å². The third kappa shape index (κ3) is 2.56. The van der Waals surface area contributed by atoms with E-state index >= 15 is 0 Å². The van der Waals surface area contributed by atoms with Gasteiger partial charge in [-0.1, -0.05) is 0 Å². The van der Waals surface area contributed by atoms with Crippen LogP contribution in [0.2, 0.25) is 0 Å². The van der Waals surface area contributed by atoms with Gasteiger partial charge >= 0.3 is 17.6 Å². The Bertz CT molecular complexity index is 1360. The highest BCUT2D eigenvalue weighted by Crippen LogP contribution is 2.69. The monoisotopic (exact) mass is 486 g/mol. The number of nitrogens with one attached hydrogen (secondary N) is 1. The van der Waals surface area contributed by atoms with Crippen molar-refractivity contribution in [2.75, 3.05) is 13.7 Å². The second kappa shape index (κ2) is 7.03. The van der Waals surface area contributed by atoms with E-state index in [-0.39, 0.29) is 17.8 Å². The van der Waals surface area contributed by atoms with E-state index in [1.807, 2.05) is 0 Å². The molecule has 6 rings (SSSR count). The minimum atomic E-state index is -1.79. The van der Waals surface area contributed by atoms with Gasteiger partial charge in [-0.25, -0.2) is 14.4 Å². The normalized spacial score (nSPS) is 37.1. The van der Waals surface area contributed by atoms with Crippen molar-refractivity contribution in [3.8, 4) is 5.75 Å².